The molecule has 8 heterocycles. The number of anilines is 1. The number of benzene rings is 1. The van der Waals surface area contributed by atoms with Crippen molar-refractivity contribution in [3.8, 4) is 17.6 Å². The average molecular weight is 1340 g/mol. The molecule has 1 aromatic carbocycles. The van der Waals surface area contributed by atoms with E-state index >= 15 is 9.59 Å². The van der Waals surface area contributed by atoms with Crippen LogP contribution in [0.3, 0.4) is 0 Å². The van der Waals surface area contributed by atoms with Gasteiger partial charge in [-0.3, -0.25) is 9.59 Å². The number of phenols is 1. The van der Waals surface area contributed by atoms with Gasteiger partial charge in [0.05, 0.1) is 66.2 Å². The van der Waals surface area contributed by atoms with Gasteiger partial charge in [0.25, 0.3) is 0 Å². The Bertz CT molecular complexity index is 3740. The number of aliphatic hydroxyl groups excluding tert-OH is 5. The van der Waals surface area contributed by atoms with E-state index in [0.29, 0.717) is 80.7 Å². The standard InChI is InChI=1S/C78H98N2O13S2/c1-43(2)44(3)62-64(93-62)76(90)22-8-13-48-31-55-56-35-60(84)72(37-61(85)70(89,41-82)38-67(55,72)4)66(88)95-94-42-69-18-7-14-51-30-50-12-5-6-21-74(50)54-34-58-46(11-9-26-92-58)29-47(54)36-75(51,79-74)57-32-49-16-23-68(40-81,19-10-20-69)78(69)65(87)80(39-73(49,78)63(57)86)52-27-45(28-53(83)33-52)15-24-71(48)59(76)17-25-77(56,71)91/h8-9,11,13,16,23,27-30,33,35,43-44,47-50,54-55,57-59,61-64,66,79,81-83,85-86,88-91H,5-6,10,12,15,17-22,24-26,31-32,34,36-42H2,1-4H3/t44-,47+,48-,49-,50-,54-,55+,57-,58+,59+,61-,62+,63+,64-,66-,67-,68-,69+,70-,71-,72+,73+,74+,75+,76-,77-,78-/m1/s1. The number of nitrogens with zero attached hydrogens (tertiary/aromatic N) is 1. The SMILES string of the molecule is CC(C)[C@@H](C)[C@@H]1O[C@H]1[C@@]1(O)CC=C[C@@H]2C[C@H]3C4=CC(=O)[C@@]5(C[C@@H](O)[C@](O)(CO)C[C@]35C)[C@H](O)SSC[C@]35CC#CC6=C[C@H]7CCCC[C@]78N[C@]6(C[C@@H]6C=C7C=CCO[C@H]7C[C@H]68)[C@@H]6C[C@H]7C=C[C@@](CO)(CCC3)[C@]53C(=O)N(C[C@@]73[C@H]6O)c3cc(O)cc(c3)CC[C@]23[C@@H]1CC[C@@]43O. The molecule has 15 nitrogen and oxygen atoms in total. The van der Waals surface area contributed by atoms with Gasteiger partial charge in [0.15, 0.2) is 5.78 Å². The topological polar surface area (TPSA) is 253 Å². The van der Waals surface area contributed by atoms with Gasteiger partial charge in [0, 0.05) is 75.1 Å². The normalized spacial score (nSPS) is 53.3. The van der Waals surface area contributed by atoms with E-state index in [1.54, 1.807) is 18.2 Å². The second-order valence-electron chi connectivity index (χ2n) is 34.7. The number of piperidine rings is 1. The maximum atomic E-state index is 17.8. The van der Waals surface area contributed by atoms with Crippen LogP contribution >= 0.6 is 21.6 Å². The van der Waals surface area contributed by atoms with Crippen LogP contribution in [0.4, 0.5) is 5.69 Å². The lowest BCUT2D eigenvalue weighted by molar-refractivity contribution is -0.235. The fourth-order valence-electron chi connectivity index (χ4n) is 27.4. The van der Waals surface area contributed by atoms with Crippen molar-refractivity contribution in [2.24, 2.45) is 97.1 Å². The highest BCUT2D eigenvalue weighted by molar-refractivity contribution is 8.76. The Morgan fingerprint density at radius 1 is 0.863 bits per heavy atom. The number of aryl methyl sites for hydroxylation is 1. The van der Waals surface area contributed by atoms with Crippen LogP contribution in [0.15, 0.2) is 89.6 Å². The number of aromatic hydroxyl groups is 1. The first-order valence-corrected chi connectivity index (χ1v) is 38.9. The summed E-state index contributed by atoms with van der Waals surface area (Å²) in [5.74, 6) is 5.91. The highest BCUT2D eigenvalue weighted by atomic mass is 33.1. The lowest BCUT2D eigenvalue weighted by Gasteiger charge is -2.69. The third-order valence-electron chi connectivity index (χ3n) is 31.6. The first-order chi connectivity index (χ1) is 45.4. The predicted octanol–water partition coefficient (Wildman–Crippen LogP) is 8.49. The highest BCUT2D eigenvalue weighted by Gasteiger charge is 2.87. The molecular formula is C78H98N2O13S2. The van der Waals surface area contributed by atoms with Crippen molar-refractivity contribution < 1.29 is 65.0 Å². The third kappa shape index (κ3) is 7.53. The van der Waals surface area contributed by atoms with Gasteiger partial charge in [-0.1, -0.05) is 129 Å². The van der Waals surface area contributed by atoms with Gasteiger partial charge in [-0.2, -0.15) is 0 Å². The van der Waals surface area contributed by atoms with E-state index < -0.39 is 120 Å². The summed E-state index contributed by atoms with van der Waals surface area (Å²) in [6.07, 6.45) is 25.5. The zero-order valence-electron chi connectivity index (χ0n) is 55.6. The Balaban J connectivity index is 0.848. The van der Waals surface area contributed by atoms with Gasteiger partial charge >= 0.3 is 0 Å². The predicted molar refractivity (Wildman–Crippen MR) is 360 cm³/mol. The van der Waals surface area contributed by atoms with Crippen molar-refractivity contribution in [1.82, 2.24) is 5.32 Å². The van der Waals surface area contributed by atoms with E-state index in [4.69, 9.17) is 9.47 Å². The summed E-state index contributed by atoms with van der Waals surface area (Å²) in [6.45, 7) is 7.91. The van der Waals surface area contributed by atoms with Crippen molar-refractivity contribution in [1.29, 1.82) is 0 Å². The Morgan fingerprint density at radius 3 is 2.51 bits per heavy atom. The fraction of sp³-hybridized carbons (Fsp3) is 0.718. The minimum absolute atomic E-state index is 0.0223. The molecule has 10 N–H and O–H groups in total. The summed E-state index contributed by atoms with van der Waals surface area (Å²) < 4.78 is 13.1. The molecule has 12 bridgehead atoms. The summed E-state index contributed by atoms with van der Waals surface area (Å²) in [4.78, 5) is 36.0. The summed E-state index contributed by atoms with van der Waals surface area (Å²) >= 11 is 0. The van der Waals surface area contributed by atoms with Gasteiger partial charge in [-0.15, -0.1) is 0 Å². The highest BCUT2D eigenvalue weighted by Crippen LogP contribution is 2.83. The molecule has 27 atom stereocenters. The molecule has 1 aromatic rings. The van der Waals surface area contributed by atoms with Crippen molar-refractivity contribution in [3.63, 3.8) is 0 Å². The summed E-state index contributed by atoms with van der Waals surface area (Å²) in [5.41, 5.74) is -13.3. The van der Waals surface area contributed by atoms with E-state index in [2.05, 4.69) is 86.5 Å². The van der Waals surface area contributed by atoms with Crippen LogP contribution in [0.5, 0.6) is 5.75 Å². The molecule has 11 aliphatic carbocycles. The molecule has 20 rings (SSSR count). The van der Waals surface area contributed by atoms with E-state index in [9.17, 15) is 46.0 Å². The summed E-state index contributed by atoms with van der Waals surface area (Å²) in [5, 5.41) is 123. The average Bonchev–Trinajstić information content (AvgIpc) is 1.51. The second kappa shape index (κ2) is 20.8. The maximum absolute atomic E-state index is 17.8. The first kappa shape index (κ1) is 63.6. The van der Waals surface area contributed by atoms with E-state index in [1.807, 2.05) is 17.9 Å². The lowest BCUT2D eigenvalue weighted by Crippen LogP contribution is -2.77. The number of ether oxygens (including phenoxy) is 2. The molecule has 8 aliphatic heterocycles. The number of rotatable bonds is 5. The molecule has 9 fully saturated rings. The van der Waals surface area contributed by atoms with Crippen LogP contribution in [-0.4, -0.2) is 154 Å². The molecule has 6 saturated carbocycles. The number of phenolic OH excluding ortho intramolecular Hbond substituents is 1. The number of hydrogen-bond acceptors (Lipinski definition) is 16. The van der Waals surface area contributed by atoms with Crippen LogP contribution in [0.1, 0.15) is 149 Å². The molecule has 17 heteroatoms. The molecule has 19 aliphatic rings. The van der Waals surface area contributed by atoms with Gasteiger partial charge in [0.2, 0.25) is 5.91 Å². The van der Waals surface area contributed by atoms with Crippen LogP contribution in [0.2, 0.25) is 0 Å². The number of allylic oxidation sites excluding steroid dienone is 4. The number of hydrogen-bond donors (Lipinski definition) is 10. The molecule has 1 amide bonds. The number of aliphatic hydroxyl groups is 8. The van der Waals surface area contributed by atoms with E-state index in [-0.39, 0.29) is 116 Å². The molecule has 510 valence electrons. The van der Waals surface area contributed by atoms with Crippen LogP contribution in [0.25, 0.3) is 0 Å². The van der Waals surface area contributed by atoms with Crippen molar-refractivity contribution in [2.45, 2.75) is 214 Å². The first-order valence-electron chi connectivity index (χ1n) is 36.6. The minimum Gasteiger partial charge on any atom is -0.508 e. The Morgan fingerprint density at radius 2 is 1.69 bits per heavy atom. The monoisotopic (exact) mass is 1330 g/mol. The molecule has 3 saturated heterocycles. The fourth-order valence-corrected chi connectivity index (χ4v) is 30.7. The van der Waals surface area contributed by atoms with Gasteiger partial charge in [-0.25, -0.2) is 0 Å². The molecule has 0 unspecified atom stereocenters. The number of amides is 1. The zero-order valence-corrected chi connectivity index (χ0v) is 57.2. The van der Waals surface area contributed by atoms with Crippen LogP contribution < -0.4 is 10.2 Å². The number of carbonyl (C=O) groups is 2. The van der Waals surface area contributed by atoms with Crippen molar-refractivity contribution >= 4 is 39.0 Å². The quantitative estimate of drug-likeness (QED) is 0.0574. The zero-order chi connectivity index (χ0) is 65.8. The number of carbonyl (C=O) groups excluding carboxylic acids is 2. The summed E-state index contributed by atoms with van der Waals surface area (Å²) in [7, 11) is 2.50. The van der Waals surface area contributed by atoms with Crippen molar-refractivity contribution in [2.75, 3.05) is 37.0 Å². The second-order valence-corrected chi connectivity index (χ2v) is 37.2. The van der Waals surface area contributed by atoms with E-state index in [0.717, 1.165) is 48.5 Å². The molecule has 95 heavy (non-hydrogen) atoms. The van der Waals surface area contributed by atoms with E-state index in [1.165, 1.54) is 16.4 Å². The molecule has 6 spiro atoms. The largest absolute Gasteiger partial charge is 0.508 e. The maximum Gasteiger partial charge on any atom is 0.235 e. The Kier molecular flexibility index (Phi) is 13.9. The number of nitrogens with one attached hydrogen (secondary N) is 1. The van der Waals surface area contributed by atoms with Gasteiger partial charge < -0.3 is 65.6 Å². The molecule has 0 aromatic heterocycles. The Hall–Kier alpha value is -3.58. The third-order valence-corrected chi connectivity index (χ3v) is 34.3. The summed E-state index contributed by atoms with van der Waals surface area (Å²) in [6, 6.07) is 5.44. The smallest absolute Gasteiger partial charge is 0.235 e. The number of epoxide rings is 1. The number of ketones is 1. The minimum atomic E-state index is -2.07. The molecular weight excluding hydrogens is 1240 g/mol. The molecule has 0 radical (unpaired) electrons. The lowest BCUT2D eigenvalue weighted by atomic mass is 9.34. The van der Waals surface area contributed by atoms with Gasteiger partial charge in [-0.05, 0) is 184 Å². The van der Waals surface area contributed by atoms with Crippen molar-refractivity contribution in [3.05, 3.63) is 95.2 Å². The van der Waals surface area contributed by atoms with Crippen LogP contribution in [-0.2, 0) is 25.5 Å². The van der Waals surface area contributed by atoms with Gasteiger partial charge in [0.1, 0.15) is 28.5 Å². The van der Waals surface area contributed by atoms with Crippen LogP contribution in [0, 0.1) is 109 Å². The number of fused-ring (bicyclic) bond motifs is 4. The Labute approximate surface area is 566 Å².